The van der Waals surface area contributed by atoms with E-state index in [1.807, 2.05) is 0 Å². The summed E-state index contributed by atoms with van der Waals surface area (Å²) in [6, 6.07) is 0. The number of hydrogen-bond acceptors (Lipinski definition) is 6. The third-order valence-corrected chi connectivity index (χ3v) is 3.36. The molecule has 0 unspecified atom stereocenters. The molecule has 2 saturated heterocycles. The Morgan fingerprint density at radius 1 is 1.30 bits per heavy atom. The molecule has 0 saturated carbocycles. The summed E-state index contributed by atoms with van der Waals surface area (Å²) in [4.78, 5) is 12.1. The van der Waals surface area contributed by atoms with Crippen LogP contribution in [0.3, 0.4) is 0 Å². The Morgan fingerprint density at radius 3 is 2.50 bits per heavy atom. The molecular weight excluding hydrogens is 264 g/mol. The summed E-state index contributed by atoms with van der Waals surface area (Å²) in [5.41, 5.74) is -0.600. The van der Waals surface area contributed by atoms with Crippen molar-refractivity contribution in [3.63, 3.8) is 0 Å². The van der Waals surface area contributed by atoms with E-state index in [1.165, 1.54) is 0 Å². The van der Waals surface area contributed by atoms with E-state index in [1.54, 1.807) is 34.6 Å². The standard InChI is InChI=1S/C14H24O6/c1-13(2,3)12(16)18-9-8(6-7-15)17-11-10(9)19-14(4,5)20-11/h8-11,15H,6-7H2,1-5H3/t8-,9+,10-,11-/m1/s1. The van der Waals surface area contributed by atoms with Gasteiger partial charge in [-0.05, 0) is 34.6 Å². The smallest absolute Gasteiger partial charge is 0.311 e. The molecule has 2 aliphatic heterocycles. The van der Waals surface area contributed by atoms with Crippen molar-refractivity contribution in [2.45, 2.75) is 71.4 Å². The van der Waals surface area contributed by atoms with Gasteiger partial charge in [-0.2, -0.15) is 0 Å². The summed E-state index contributed by atoms with van der Waals surface area (Å²) in [7, 11) is 0. The molecule has 1 N–H and O–H groups in total. The number of esters is 1. The molecule has 2 aliphatic rings. The molecule has 0 amide bonds. The Hall–Kier alpha value is -0.690. The minimum atomic E-state index is -0.758. The zero-order chi connectivity index (χ0) is 15.1. The van der Waals surface area contributed by atoms with E-state index in [2.05, 4.69) is 0 Å². The Labute approximate surface area is 119 Å². The Kier molecular flexibility index (Phi) is 4.12. The Balaban J connectivity index is 2.11. The summed E-state index contributed by atoms with van der Waals surface area (Å²) in [5, 5.41) is 9.10. The highest BCUT2D eigenvalue weighted by atomic mass is 16.8. The van der Waals surface area contributed by atoms with Crippen molar-refractivity contribution in [1.82, 2.24) is 0 Å². The first-order chi connectivity index (χ1) is 9.14. The van der Waals surface area contributed by atoms with E-state index in [0.29, 0.717) is 6.42 Å². The first kappa shape index (κ1) is 15.7. The van der Waals surface area contributed by atoms with E-state index in [9.17, 15) is 4.79 Å². The second-order valence-corrected chi connectivity index (χ2v) is 6.78. The van der Waals surface area contributed by atoms with Gasteiger partial charge in [-0.3, -0.25) is 4.79 Å². The largest absolute Gasteiger partial charge is 0.456 e. The minimum absolute atomic E-state index is 0.0446. The summed E-state index contributed by atoms with van der Waals surface area (Å²) in [6.07, 6.45) is -1.59. The lowest BCUT2D eigenvalue weighted by Crippen LogP contribution is -2.41. The van der Waals surface area contributed by atoms with Gasteiger partial charge in [0.25, 0.3) is 0 Å². The minimum Gasteiger partial charge on any atom is -0.456 e. The number of aliphatic hydroxyl groups excluding tert-OH is 1. The van der Waals surface area contributed by atoms with Gasteiger partial charge < -0.3 is 24.1 Å². The number of ether oxygens (including phenoxy) is 4. The second kappa shape index (κ2) is 5.26. The van der Waals surface area contributed by atoms with Crippen molar-refractivity contribution in [3.05, 3.63) is 0 Å². The predicted molar refractivity (Wildman–Crippen MR) is 69.7 cm³/mol. The molecule has 2 heterocycles. The molecule has 0 aliphatic carbocycles. The zero-order valence-electron chi connectivity index (χ0n) is 12.7. The average Bonchev–Trinajstić information content (AvgIpc) is 2.72. The van der Waals surface area contributed by atoms with Crippen molar-refractivity contribution < 1.29 is 28.8 Å². The normalized spacial score (nSPS) is 35.9. The van der Waals surface area contributed by atoms with Crippen LogP contribution in [-0.4, -0.2) is 48.1 Å². The van der Waals surface area contributed by atoms with Crippen molar-refractivity contribution in [2.24, 2.45) is 5.41 Å². The molecule has 0 aromatic heterocycles. The number of aliphatic hydroxyl groups is 1. The summed E-state index contributed by atoms with van der Waals surface area (Å²) in [5.74, 6) is -1.07. The number of rotatable bonds is 3. The predicted octanol–water partition coefficient (Wildman–Crippen LogP) is 1.20. The van der Waals surface area contributed by atoms with Crippen LogP contribution in [0.4, 0.5) is 0 Å². The van der Waals surface area contributed by atoms with Crippen molar-refractivity contribution >= 4 is 5.97 Å². The molecule has 2 fully saturated rings. The average molecular weight is 288 g/mol. The van der Waals surface area contributed by atoms with Crippen LogP contribution in [0, 0.1) is 5.41 Å². The van der Waals surface area contributed by atoms with Gasteiger partial charge in [-0.15, -0.1) is 0 Å². The van der Waals surface area contributed by atoms with Gasteiger partial charge in [0, 0.05) is 13.0 Å². The zero-order valence-corrected chi connectivity index (χ0v) is 12.7. The molecule has 4 atom stereocenters. The third kappa shape index (κ3) is 3.14. The van der Waals surface area contributed by atoms with Crippen LogP contribution in [0.25, 0.3) is 0 Å². The third-order valence-electron chi connectivity index (χ3n) is 3.36. The fourth-order valence-electron chi connectivity index (χ4n) is 2.35. The molecule has 2 rings (SSSR count). The number of fused-ring (bicyclic) bond motifs is 1. The van der Waals surface area contributed by atoms with Crippen LogP contribution in [0.15, 0.2) is 0 Å². The molecule has 0 aromatic rings. The van der Waals surface area contributed by atoms with Crippen molar-refractivity contribution in [1.29, 1.82) is 0 Å². The van der Waals surface area contributed by atoms with E-state index in [0.717, 1.165) is 0 Å². The topological polar surface area (TPSA) is 74.2 Å². The van der Waals surface area contributed by atoms with E-state index < -0.39 is 35.8 Å². The number of carbonyl (C=O) groups excluding carboxylic acids is 1. The Morgan fingerprint density at radius 2 is 1.95 bits per heavy atom. The molecular formula is C14H24O6. The molecule has 116 valence electrons. The quantitative estimate of drug-likeness (QED) is 0.787. The van der Waals surface area contributed by atoms with E-state index >= 15 is 0 Å². The van der Waals surface area contributed by atoms with Gasteiger partial charge in [0.05, 0.1) is 5.41 Å². The van der Waals surface area contributed by atoms with Gasteiger partial charge in [-0.1, -0.05) is 0 Å². The molecule has 0 radical (unpaired) electrons. The van der Waals surface area contributed by atoms with Crippen LogP contribution in [0.1, 0.15) is 41.0 Å². The fraction of sp³-hybridized carbons (Fsp3) is 0.929. The highest BCUT2D eigenvalue weighted by Crippen LogP contribution is 2.40. The highest BCUT2D eigenvalue weighted by molar-refractivity contribution is 5.75. The van der Waals surface area contributed by atoms with Gasteiger partial charge in [-0.25, -0.2) is 0 Å². The van der Waals surface area contributed by atoms with Crippen molar-refractivity contribution in [2.75, 3.05) is 6.61 Å². The maximum Gasteiger partial charge on any atom is 0.311 e. The van der Waals surface area contributed by atoms with Gasteiger partial charge >= 0.3 is 5.97 Å². The SMILES string of the molecule is CC1(C)O[C@H]2O[C@H](CCO)[C@H](OC(=O)C(C)(C)C)[C@H]2O1. The van der Waals surface area contributed by atoms with Crippen LogP contribution < -0.4 is 0 Å². The first-order valence-electron chi connectivity index (χ1n) is 6.97. The van der Waals surface area contributed by atoms with Gasteiger partial charge in [0.2, 0.25) is 0 Å². The molecule has 6 nitrogen and oxygen atoms in total. The van der Waals surface area contributed by atoms with Gasteiger partial charge in [0.15, 0.2) is 24.3 Å². The molecule has 0 bridgehead atoms. The number of carbonyl (C=O) groups is 1. The van der Waals surface area contributed by atoms with Crippen molar-refractivity contribution in [3.8, 4) is 0 Å². The molecule has 0 aromatic carbocycles. The molecule has 0 spiro atoms. The number of hydrogen-bond donors (Lipinski definition) is 1. The Bertz CT molecular complexity index is 372. The van der Waals surface area contributed by atoms with Gasteiger partial charge in [0.1, 0.15) is 6.10 Å². The van der Waals surface area contributed by atoms with Crippen LogP contribution in [0.2, 0.25) is 0 Å². The maximum absolute atomic E-state index is 12.1. The molecule has 20 heavy (non-hydrogen) atoms. The van der Waals surface area contributed by atoms with Crippen LogP contribution >= 0.6 is 0 Å². The second-order valence-electron chi connectivity index (χ2n) is 6.78. The fourth-order valence-corrected chi connectivity index (χ4v) is 2.35. The lowest BCUT2D eigenvalue weighted by molar-refractivity contribution is -0.221. The van der Waals surface area contributed by atoms with E-state index in [-0.39, 0.29) is 12.6 Å². The highest BCUT2D eigenvalue weighted by Gasteiger charge is 2.56. The molecule has 6 heteroatoms. The van der Waals surface area contributed by atoms with Crippen LogP contribution in [-0.2, 0) is 23.7 Å². The monoisotopic (exact) mass is 288 g/mol. The summed E-state index contributed by atoms with van der Waals surface area (Å²) < 4.78 is 22.7. The summed E-state index contributed by atoms with van der Waals surface area (Å²) >= 11 is 0. The lowest BCUT2D eigenvalue weighted by atomic mass is 9.97. The lowest BCUT2D eigenvalue weighted by Gasteiger charge is -2.27. The first-order valence-corrected chi connectivity index (χ1v) is 6.97. The van der Waals surface area contributed by atoms with Crippen LogP contribution in [0.5, 0.6) is 0 Å². The maximum atomic E-state index is 12.1. The van der Waals surface area contributed by atoms with E-state index in [4.69, 9.17) is 24.1 Å². The summed E-state index contributed by atoms with van der Waals surface area (Å²) in [6.45, 7) is 8.91.